The zero-order chi connectivity index (χ0) is 13.2. The Kier molecular flexibility index (Phi) is 3.88. The average molecular weight is 250 g/mol. The Labute approximate surface area is 109 Å². The molecule has 1 saturated heterocycles. The maximum Gasteiger partial charge on any atom is 0.214 e. The maximum absolute atomic E-state index is 5.81. The van der Waals surface area contributed by atoms with E-state index in [9.17, 15) is 0 Å². The van der Waals surface area contributed by atoms with E-state index in [2.05, 4.69) is 37.1 Å². The van der Waals surface area contributed by atoms with E-state index in [1.54, 1.807) is 0 Å². The second-order valence-corrected chi connectivity index (χ2v) is 5.76. The van der Waals surface area contributed by atoms with Gasteiger partial charge in [-0.25, -0.2) is 4.98 Å². The molecular weight excluding hydrogens is 228 g/mol. The fraction of sp³-hybridized carbons (Fsp3) is 0.643. The van der Waals surface area contributed by atoms with Crippen molar-refractivity contribution in [1.82, 2.24) is 10.3 Å². The van der Waals surface area contributed by atoms with Gasteiger partial charge in [0.15, 0.2) is 0 Å². The van der Waals surface area contributed by atoms with E-state index in [-0.39, 0.29) is 11.5 Å². The van der Waals surface area contributed by atoms with Gasteiger partial charge in [0.1, 0.15) is 6.10 Å². The fourth-order valence-electron chi connectivity index (χ4n) is 1.76. The molecular formula is C14H22N2O2. The summed E-state index contributed by atoms with van der Waals surface area (Å²) in [4.78, 5) is 4.60. The van der Waals surface area contributed by atoms with Crippen molar-refractivity contribution >= 4 is 0 Å². The van der Waals surface area contributed by atoms with E-state index in [0.717, 1.165) is 12.2 Å². The predicted octanol–water partition coefficient (Wildman–Crippen LogP) is 1.88. The van der Waals surface area contributed by atoms with E-state index in [0.29, 0.717) is 19.1 Å². The Morgan fingerprint density at radius 2 is 2.11 bits per heavy atom. The predicted molar refractivity (Wildman–Crippen MR) is 70.9 cm³/mol. The highest BCUT2D eigenvalue weighted by Crippen LogP contribution is 2.25. The third-order valence-electron chi connectivity index (χ3n) is 2.91. The number of ether oxygens (including phenoxy) is 2. The molecule has 1 aliphatic rings. The van der Waals surface area contributed by atoms with Crippen LogP contribution in [-0.2, 0) is 16.7 Å². The fourth-order valence-corrected chi connectivity index (χ4v) is 1.76. The van der Waals surface area contributed by atoms with Crippen LogP contribution in [0.4, 0.5) is 0 Å². The van der Waals surface area contributed by atoms with Gasteiger partial charge in [-0.2, -0.15) is 0 Å². The lowest BCUT2D eigenvalue weighted by atomic mass is 9.91. The van der Waals surface area contributed by atoms with Gasteiger partial charge in [0, 0.05) is 18.0 Å². The molecule has 1 fully saturated rings. The molecule has 2 rings (SSSR count). The minimum absolute atomic E-state index is 0.0258. The third-order valence-corrected chi connectivity index (χ3v) is 2.91. The normalized spacial score (nSPS) is 16.4. The Balaban J connectivity index is 2.23. The van der Waals surface area contributed by atoms with Gasteiger partial charge in [-0.15, -0.1) is 0 Å². The molecule has 1 aliphatic heterocycles. The Morgan fingerprint density at radius 3 is 2.61 bits per heavy atom. The molecule has 0 aromatic carbocycles. The molecule has 0 bridgehead atoms. The summed E-state index contributed by atoms with van der Waals surface area (Å²) in [5.41, 5.74) is 2.29. The standard InChI is InChI=1S/C14H22N2O2/c1-14(2,3)12-5-10(7-15-4)6-13(16-12)18-11-8-17-9-11/h5-6,11,15H,7-9H2,1-4H3. The van der Waals surface area contributed by atoms with Crippen LogP contribution in [0.15, 0.2) is 12.1 Å². The first-order chi connectivity index (χ1) is 8.49. The van der Waals surface area contributed by atoms with Crippen molar-refractivity contribution < 1.29 is 9.47 Å². The minimum Gasteiger partial charge on any atom is -0.469 e. The van der Waals surface area contributed by atoms with Crippen molar-refractivity contribution in [3.8, 4) is 5.88 Å². The highest BCUT2D eigenvalue weighted by Gasteiger charge is 2.23. The summed E-state index contributed by atoms with van der Waals surface area (Å²) >= 11 is 0. The molecule has 2 heterocycles. The van der Waals surface area contributed by atoms with E-state index in [4.69, 9.17) is 9.47 Å². The van der Waals surface area contributed by atoms with Crippen LogP contribution in [0, 0.1) is 0 Å². The molecule has 0 spiro atoms. The van der Waals surface area contributed by atoms with Gasteiger partial charge in [-0.3, -0.25) is 0 Å². The number of rotatable bonds is 4. The number of pyridine rings is 1. The molecule has 0 atom stereocenters. The van der Waals surface area contributed by atoms with Crippen LogP contribution in [0.3, 0.4) is 0 Å². The van der Waals surface area contributed by atoms with Gasteiger partial charge in [0.25, 0.3) is 0 Å². The quantitative estimate of drug-likeness (QED) is 0.886. The van der Waals surface area contributed by atoms with Crippen molar-refractivity contribution in [3.05, 3.63) is 23.4 Å². The summed E-state index contributed by atoms with van der Waals surface area (Å²) < 4.78 is 10.9. The number of nitrogens with one attached hydrogen (secondary N) is 1. The minimum atomic E-state index is 0.0258. The van der Waals surface area contributed by atoms with Crippen LogP contribution in [0.5, 0.6) is 5.88 Å². The van der Waals surface area contributed by atoms with Crippen LogP contribution in [0.25, 0.3) is 0 Å². The third kappa shape index (κ3) is 3.21. The van der Waals surface area contributed by atoms with Crippen molar-refractivity contribution in [2.75, 3.05) is 20.3 Å². The molecule has 4 heteroatoms. The molecule has 0 saturated carbocycles. The summed E-state index contributed by atoms with van der Waals surface area (Å²) in [7, 11) is 1.94. The smallest absolute Gasteiger partial charge is 0.214 e. The second-order valence-electron chi connectivity index (χ2n) is 5.76. The highest BCUT2D eigenvalue weighted by atomic mass is 16.6. The molecule has 1 aromatic rings. The lowest BCUT2D eigenvalue weighted by Crippen LogP contribution is -2.39. The second kappa shape index (κ2) is 5.24. The Hall–Kier alpha value is -1.13. The first-order valence-electron chi connectivity index (χ1n) is 6.39. The van der Waals surface area contributed by atoms with Crippen molar-refractivity contribution in [1.29, 1.82) is 0 Å². The van der Waals surface area contributed by atoms with Crippen LogP contribution >= 0.6 is 0 Å². The summed E-state index contributed by atoms with van der Waals surface area (Å²) in [6.07, 6.45) is 0.162. The molecule has 0 unspecified atom stereocenters. The first-order valence-corrected chi connectivity index (χ1v) is 6.39. The van der Waals surface area contributed by atoms with Crippen LogP contribution < -0.4 is 10.1 Å². The van der Waals surface area contributed by atoms with Gasteiger partial charge in [-0.05, 0) is 18.7 Å². The van der Waals surface area contributed by atoms with Gasteiger partial charge in [0.05, 0.1) is 18.9 Å². The van der Waals surface area contributed by atoms with E-state index < -0.39 is 0 Å². The zero-order valence-corrected chi connectivity index (χ0v) is 11.6. The number of hydrogen-bond acceptors (Lipinski definition) is 4. The van der Waals surface area contributed by atoms with Crippen molar-refractivity contribution in [2.24, 2.45) is 0 Å². The maximum atomic E-state index is 5.81. The van der Waals surface area contributed by atoms with E-state index >= 15 is 0 Å². The molecule has 0 radical (unpaired) electrons. The van der Waals surface area contributed by atoms with Gasteiger partial charge >= 0.3 is 0 Å². The first kappa shape index (κ1) is 13.3. The Bertz CT molecular complexity index is 409. The summed E-state index contributed by atoms with van der Waals surface area (Å²) in [6, 6.07) is 4.14. The molecule has 100 valence electrons. The molecule has 0 aliphatic carbocycles. The highest BCUT2D eigenvalue weighted by molar-refractivity contribution is 5.28. The molecule has 0 amide bonds. The van der Waals surface area contributed by atoms with Crippen molar-refractivity contribution in [3.63, 3.8) is 0 Å². The number of aromatic nitrogens is 1. The van der Waals surface area contributed by atoms with Crippen LogP contribution in [0.2, 0.25) is 0 Å². The monoisotopic (exact) mass is 250 g/mol. The lowest BCUT2D eigenvalue weighted by Gasteiger charge is -2.27. The molecule has 4 nitrogen and oxygen atoms in total. The molecule has 1 N–H and O–H groups in total. The van der Waals surface area contributed by atoms with Crippen molar-refractivity contribution in [2.45, 2.75) is 38.8 Å². The van der Waals surface area contributed by atoms with Gasteiger partial charge in [0.2, 0.25) is 5.88 Å². The van der Waals surface area contributed by atoms with Crippen LogP contribution in [0.1, 0.15) is 32.0 Å². The average Bonchev–Trinajstić information content (AvgIpc) is 2.23. The number of nitrogens with zero attached hydrogens (tertiary/aromatic N) is 1. The zero-order valence-electron chi connectivity index (χ0n) is 11.6. The van der Waals surface area contributed by atoms with Gasteiger partial charge < -0.3 is 14.8 Å². The molecule has 18 heavy (non-hydrogen) atoms. The topological polar surface area (TPSA) is 43.4 Å². The summed E-state index contributed by atoms with van der Waals surface area (Å²) in [5.74, 6) is 0.709. The van der Waals surface area contributed by atoms with Gasteiger partial charge in [-0.1, -0.05) is 20.8 Å². The number of hydrogen-bond donors (Lipinski definition) is 1. The molecule has 1 aromatic heterocycles. The van der Waals surface area contributed by atoms with Crippen LogP contribution in [-0.4, -0.2) is 31.3 Å². The lowest BCUT2D eigenvalue weighted by molar-refractivity contribution is -0.0814. The van der Waals surface area contributed by atoms with E-state index in [1.807, 2.05) is 13.1 Å². The summed E-state index contributed by atoms with van der Waals surface area (Å²) in [5, 5.41) is 3.16. The van der Waals surface area contributed by atoms with E-state index in [1.165, 1.54) is 5.56 Å². The Morgan fingerprint density at radius 1 is 1.39 bits per heavy atom. The largest absolute Gasteiger partial charge is 0.469 e. The summed E-state index contributed by atoms with van der Waals surface area (Å²) in [6.45, 7) is 8.65. The SMILES string of the molecule is CNCc1cc(OC2COC2)nc(C(C)(C)C)c1.